The molecule has 1 N–H and O–H groups in total. The van der Waals surface area contributed by atoms with Crippen LogP contribution in [-0.2, 0) is 9.53 Å². The number of hydrogen-bond donors (Lipinski definition) is 1. The van der Waals surface area contributed by atoms with Crippen LogP contribution in [-0.4, -0.2) is 29.5 Å². The fraction of sp³-hybridized carbons (Fsp3) is 0.923. The third-order valence-electron chi connectivity index (χ3n) is 3.71. The standard InChI is InChI=1S/C13H23FO3/c1-4-17-12(15)11(14)13(16)7-5-6-10(8-13)9(2)3/h9-11,16H,4-8H2,1-3H3. The molecule has 0 heterocycles. The van der Waals surface area contributed by atoms with E-state index in [1.165, 1.54) is 0 Å². The second-order valence-electron chi connectivity index (χ2n) is 5.32. The van der Waals surface area contributed by atoms with Crippen molar-refractivity contribution in [2.45, 2.75) is 58.2 Å². The van der Waals surface area contributed by atoms with E-state index in [-0.39, 0.29) is 12.5 Å². The van der Waals surface area contributed by atoms with Crippen LogP contribution in [0.4, 0.5) is 4.39 Å². The molecule has 1 rings (SSSR count). The summed E-state index contributed by atoms with van der Waals surface area (Å²) in [7, 11) is 0. The van der Waals surface area contributed by atoms with E-state index in [4.69, 9.17) is 0 Å². The number of aliphatic hydroxyl groups is 1. The smallest absolute Gasteiger partial charge is 0.343 e. The van der Waals surface area contributed by atoms with E-state index in [1.807, 2.05) is 0 Å². The number of ether oxygens (including phenoxy) is 1. The van der Waals surface area contributed by atoms with Gasteiger partial charge >= 0.3 is 5.97 Å². The van der Waals surface area contributed by atoms with Gasteiger partial charge in [0.2, 0.25) is 6.17 Å². The maximum atomic E-state index is 14.0. The maximum absolute atomic E-state index is 14.0. The summed E-state index contributed by atoms with van der Waals surface area (Å²) in [5.41, 5.74) is -1.53. The minimum atomic E-state index is -1.91. The summed E-state index contributed by atoms with van der Waals surface area (Å²) >= 11 is 0. The molecule has 1 fully saturated rings. The normalized spacial score (nSPS) is 31.3. The lowest BCUT2D eigenvalue weighted by Gasteiger charge is -2.39. The van der Waals surface area contributed by atoms with Crippen molar-refractivity contribution in [3.05, 3.63) is 0 Å². The van der Waals surface area contributed by atoms with Crippen molar-refractivity contribution >= 4 is 5.97 Å². The van der Waals surface area contributed by atoms with Gasteiger partial charge in [0.05, 0.1) is 6.61 Å². The van der Waals surface area contributed by atoms with Crippen molar-refractivity contribution in [2.75, 3.05) is 6.61 Å². The molecule has 3 nitrogen and oxygen atoms in total. The molecule has 0 aromatic rings. The zero-order valence-electron chi connectivity index (χ0n) is 10.9. The van der Waals surface area contributed by atoms with Gasteiger partial charge in [-0.3, -0.25) is 0 Å². The van der Waals surface area contributed by atoms with Crippen molar-refractivity contribution in [1.82, 2.24) is 0 Å². The summed E-state index contributed by atoms with van der Waals surface area (Å²) < 4.78 is 18.6. The molecule has 1 aliphatic carbocycles. The van der Waals surface area contributed by atoms with Gasteiger partial charge in [0.25, 0.3) is 0 Å². The highest BCUT2D eigenvalue weighted by atomic mass is 19.1. The first kappa shape index (κ1) is 14.4. The van der Waals surface area contributed by atoms with E-state index in [0.717, 1.165) is 12.8 Å². The molecule has 1 aliphatic rings. The van der Waals surface area contributed by atoms with E-state index in [0.29, 0.717) is 18.8 Å². The Labute approximate surface area is 102 Å². The van der Waals surface area contributed by atoms with Crippen LogP contribution in [0.3, 0.4) is 0 Å². The van der Waals surface area contributed by atoms with Crippen LogP contribution < -0.4 is 0 Å². The van der Waals surface area contributed by atoms with Crippen LogP contribution in [0.15, 0.2) is 0 Å². The first-order valence-corrected chi connectivity index (χ1v) is 6.43. The lowest BCUT2D eigenvalue weighted by molar-refractivity contribution is -0.165. The maximum Gasteiger partial charge on any atom is 0.343 e. The van der Waals surface area contributed by atoms with E-state index in [1.54, 1.807) is 6.92 Å². The van der Waals surface area contributed by atoms with E-state index in [9.17, 15) is 14.3 Å². The highest BCUT2D eigenvalue weighted by Gasteiger charge is 2.46. The van der Waals surface area contributed by atoms with Crippen molar-refractivity contribution in [2.24, 2.45) is 11.8 Å². The molecular formula is C13H23FO3. The monoisotopic (exact) mass is 246 g/mol. The first-order valence-electron chi connectivity index (χ1n) is 6.43. The predicted molar refractivity (Wildman–Crippen MR) is 63.3 cm³/mol. The minimum Gasteiger partial charge on any atom is -0.464 e. The molecule has 100 valence electrons. The molecule has 1 saturated carbocycles. The SMILES string of the molecule is CCOC(=O)C(F)C1(O)CCCC(C(C)C)C1. The molecule has 0 aromatic carbocycles. The summed E-state index contributed by atoms with van der Waals surface area (Å²) in [6.07, 6.45) is 0.541. The number of hydrogen-bond acceptors (Lipinski definition) is 3. The third-order valence-corrected chi connectivity index (χ3v) is 3.71. The number of halogens is 1. The number of alkyl halides is 1. The first-order chi connectivity index (χ1) is 7.90. The Balaban J connectivity index is 2.69. The molecule has 0 spiro atoms. The molecule has 3 unspecified atom stereocenters. The van der Waals surface area contributed by atoms with Crippen molar-refractivity contribution in [1.29, 1.82) is 0 Å². The molecule has 0 bridgehead atoms. The van der Waals surface area contributed by atoms with E-state index < -0.39 is 17.7 Å². The van der Waals surface area contributed by atoms with Crippen LogP contribution in [0.25, 0.3) is 0 Å². The molecular weight excluding hydrogens is 223 g/mol. The van der Waals surface area contributed by atoms with Gasteiger partial charge in [0, 0.05) is 0 Å². The average Bonchev–Trinajstić information content (AvgIpc) is 2.28. The van der Waals surface area contributed by atoms with Gasteiger partial charge < -0.3 is 9.84 Å². The molecule has 0 aliphatic heterocycles. The molecule has 17 heavy (non-hydrogen) atoms. The highest BCUT2D eigenvalue weighted by molar-refractivity contribution is 5.76. The topological polar surface area (TPSA) is 46.5 Å². The Morgan fingerprint density at radius 1 is 1.59 bits per heavy atom. The summed E-state index contributed by atoms with van der Waals surface area (Å²) in [6.45, 7) is 5.90. The molecule has 4 heteroatoms. The molecule has 0 aromatic heterocycles. The van der Waals surface area contributed by atoms with Crippen LogP contribution in [0.5, 0.6) is 0 Å². The van der Waals surface area contributed by atoms with Gasteiger partial charge in [0.1, 0.15) is 5.60 Å². The summed E-state index contributed by atoms with van der Waals surface area (Å²) in [4.78, 5) is 11.4. The summed E-state index contributed by atoms with van der Waals surface area (Å²) in [6, 6.07) is 0. The Bertz CT molecular complexity index is 267. The Hall–Kier alpha value is -0.640. The van der Waals surface area contributed by atoms with Crippen molar-refractivity contribution in [3.63, 3.8) is 0 Å². The van der Waals surface area contributed by atoms with E-state index >= 15 is 0 Å². The number of carbonyl (C=O) groups is 1. The van der Waals surface area contributed by atoms with Crippen molar-refractivity contribution < 1.29 is 19.0 Å². The van der Waals surface area contributed by atoms with Gasteiger partial charge in [-0.1, -0.05) is 20.3 Å². The van der Waals surface area contributed by atoms with Gasteiger partial charge in [-0.2, -0.15) is 0 Å². The minimum absolute atomic E-state index is 0.142. The Morgan fingerprint density at radius 3 is 2.76 bits per heavy atom. The summed E-state index contributed by atoms with van der Waals surface area (Å²) in [5, 5.41) is 10.3. The Kier molecular flexibility index (Phi) is 4.92. The fourth-order valence-corrected chi connectivity index (χ4v) is 2.56. The molecule has 0 saturated heterocycles. The van der Waals surface area contributed by atoms with Gasteiger partial charge in [-0.05, 0) is 38.0 Å². The number of rotatable bonds is 4. The van der Waals surface area contributed by atoms with Crippen LogP contribution in [0, 0.1) is 11.8 Å². The van der Waals surface area contributed by atoms with Gasteiger partial charge in [-0.15, -0.1) is 0 Å². The second-order valence-corrected chi connectivity index (χ2v) is 5.32. The third kappa shape index (κ3) is 3.41. The van der Waals surface area contributed by atoms with Crippen LogP contribution in [0.1, 0.15) is 46.5 Å². The largest absolute Gasteiger partial charge is 0.464 e. The van der Waals surface area contributed by atoms with Crippen LogP contribution >= 0.6 is 0 Å². The van der Waals surface area contributed by atoms with Gasteiger partial charge in [0.15, 0.2) is 0 Å². The van der Waals surface area contributed by atoms with E-state index in [2.05, 4.69) is 18.6 Å². The van der Waals surface area contributed by atoms with Gasteiger partial charge in [-0.25, -0.2) is 9.18 Å². The van der Waals surface area contributed by atoms with Crippen LogP contribution in [0.2, 0.25) is 0 Å². The zero-order valence-corrected chi connectivity index (χ0v) is 10.9. The van der Waals surface area contributed by atoms with Crippen molar-refractivity contribution in [3.8, 4) is 0 Å². The fourth-order valence-electron chi connectivity index (χ4n) is 2.56. The molecule has 0 amide bonds. The molecule has 0 radical (unpaired) electrons. The Morgan fingerprint density at radius 2 is 2.24 bits per heavy atom. The lowest BCUT2D eigenvalue weighted by atomic mass is 9.72. The highest BCUT2D eigenvalue weighted by Crippen LogP contribution is 2.39. The lowest BCUT2D eigenvalue weighted by Crippen LogP contribution is -2.49. The molecule has 3 atom stereocenters. The zero-order chi connectivity index (χ0) is 13.1. The number of carbonyl (C=O) groups excluding carboxylic acids is 1. The average molecular weight is 246 g/mol. The number of esters is 1. The quantitative estimate of drug-likeness (QED) is 0.775. The predicted octanol–water partition coefficient (Wildman–Crippen LogP) is 2.46. The second kappa shape index (κ2) is 5.80. The summed E-state index contributed by atoms with van der Waals surface area (Å²) in [5.74, 6) is -0.253.